The molecule has 8 heteroatoms. The highest BCUT2D eigenvalue weighted by Crippen LogP contribution is 2.24. The molecule has 0 unspecified atom stereocenters. The zero-order valence-electron chi connectivity index (χ0n) is 16.3. The fourth-order valence-corrected chi connectivity index (χ4v) is 3.64. The van der Waals surface area contributed by atoms with Crippen LogP contribution in [0.2, 0.25) is 0 Å². The minimum Gasteiger partial charge on any atom is -0.338 e. The lowest BCUT2D eigenvalue weighted by molar-refractivity contribution is -0.148. The van der Waals surface area contributed by atoms with Crippen LogP contribution < -0.4 is 0 Å². The minimum atomic E-state index is -4.15. The highest BCUT2D eigenvalue weighted by Gasteiger charge is 2.32. The topological polar surface area (TPSA) is 57.7 Å². The largest absolute Gasteiger partial charge is 0.401 e. The van der Waals surface area contributed by atoms with Crippen LogP contribution in [0.4, 0.5) is 13.2 Å². The normalized spacial score (nSPS) is 18.2. The molecule has 0 radical (unpaired) electrons. The van der Waals surface area contributed by atoms with Crippen LogP contribution in [0, 0.1) is 5.92 Å². The number of likely N-dealkylation sites (tertiary alicyclic amines) is 1. The van der Waals surface area contributed by atoms with Gasteiger partial charge in [-0.05, 0) is 31.4 Å². The molecule has 156 valence electrons. The van der Waals surface area contributed by atoms with Gasteiger partial charge in [-0.1, -0.05) is 36.4 Å². The highest BCUT2D eigenvalue weighted by atomic mass is 19.4. The van der Waals surface area contributed by atoms with Crippen molar-refractivity contribution in [2.45, 2.75) is 19.0 Å². The van der Waals surface area contributed by atoms with Gasteiger partial charge in [0.2, 0.25) is 0 Å². The number of hydrogen-bond acceptors (Lipinski definition) is 4. The molecule has 30 heavy (non-hydrogen) atoms. The molecule has 1 atom stereocenters. The number of H-pyrrole nitrogens is 1. The number of hydrogen-bond donors (Lipinski definition) is 1. The van der Waals surface area contributed by atoms with E-state index in [1.807, 2.05) is 42.5 Å². The van der Waals surface area contributed by atoms with E-state index in [0.29, 0.717) is 24.7 Å². The first-order valence-corrected chi connectivity index (χ1v) is 9.86. The molecular formula is C22H22F3N5. The molecule has 0 saturated carbocycles. The molecule has 1 N–H and O–H groups in total. The molecule has 5 nitrogen and oxygen atoms in total. The van der Waals surface area contributed by atoms with Crippen LogP contribution in [0.5, 0.6) is 0 Å². The van der Waals surface area contributed by atoms with Crippen molar-refractivity contribution in [1.29, 1.82) is 0 Å². The molecule has 3 heterocycles. The number of imidazole rings is 1. The van der Waals surface area contributed by atoms with E-state index in [9.17, 15) is 13.2 Å². The Labute approximate surface area is 172 Å². The zero-order valence-corrected chi connectivity index (χ0v) is 16.3. The van der Waals surface area contributed by atoms with Crippen LogP contribution in [-0.2, 0) is 0 Å². The quantitative estimate of drug-likeness (QED) is 0.652. The number of benzene rings is 1. The lowest BCUT2D eigenvalue weighted by Gasteiger charge is -2.31. The van der Waals surface area contributed by atoms with E-state index in [2.05, 4.69) is 19.9 Å². The number of nitrogens with zero attached hydrogens (tertiary/aromatic N) is 4. The lowest BCUT2D eigenvalue weighted by atomic mass is 9.97. The Morgan fingerprint density at radius 2 is 1.80 bits per heavy atom. The molecule has 3 aromatic rings. The summed E-state index contributed by atoms with van der Waals surface area (Å²) in [6, 6.07) is 9.73. The molecule has 4 rings (SSSR count). The van der Waals surface area contributed by atoms with Crippen molar-refractivity contribution in [1.82, 2.24) is 24.8 Å². The van der Waals surface area contributed by atoms with Gasteiger partial charge in [-0.25, -0.2) is 15.0 Å². The van der Waals surface area contributed by atoms with Crippen molar-refractivity contribution >= 4 is 6.08 Å². The van der Waals surface area contributed by atoms with Crippen LogP contribution in [0.1, 0.15) is 18.7 Å². The summed E-state index contributed by atoms with van der Waals surface area (Å²) in [5.74, 6) is 1.40. The Hall–Kier alpha value is -3.00. The maximum absolute atomic E-state index is 12.6. The summed E-state index contributed by atoms with van der Waals surface area (Å²) in [5.41, 5.74) is 2.55. The van der Waals surface area contributed by atoms with Crippen molar-refractivity contribution in [3.05, 3.63) is 60.8 Å². The van der Waals surface area contributed by atoms with E-state index in [-0.39, 0.29) is 5.92 Å². The Kier molecular flexibility index (Phi) is 5.94. The van der Waals surface area contributed by atoms with E-state index in [1.54, 1.807) is 18.6 Å². The van der Waals surface area contributed by atoms with Crippen molar-refractivity contribution in [3.63, 3.8) is 0 Å². The van der Waals surface area contributed by atoms with Gasteiger partial charge in [-0.2, -0.15) is 13.2 Å². The van der Waals surface area contributed by atoms with Crippen molar-refractivity contribution in [3.8, 4) is 22.6 Å². The summed E-state index contributed by atoms with van der Waals surface area (Å²) >= 11 is 0. The van der Waals surface area contributed by atoms with Crippen LogP contribution in [0.25, 0.3) is 28.7 Å². The smallest absolute Gasteiger partial charge is 0.338 e. The Bertz CT molecular complexity index is 980. The van der Waals surface area contributed by atoms with Gasteiger partial charge in [0.1, 0.15) is 5.82 Å². The molecule has 2 aromatic heterocycles. The number of halogens is 3. The predicted molar refractivity (Wildman–Crippen MR) is 109 cm³/mol. The number of piperidine rings is 1. The molecule has 1 aliphatic heterocycles. The average Bonchev–Trinajstić information content (AvgIpc) is 3.21. The third-order valence-corrected chi connectivity index (χ3v) is 5.06. The molecule has 0 bridgehead atoms. The maximum Gasteiger partial charge on any atom is 0.401 e. The molecule has 1 saturated heterocycles. The predicted octanol–water partition coefficient (Wildman–Crippen LogP) is 4.82. The van der Waals surface area contributed by atoms with Crippen molar-refractivity contribution < 1.29 is 13.2 Å². The number of nitrogens with one attached hydrogen (secondary N) is 1. The van der Waals surface area contributed by atoms with E-state index in [1.165, 1.54) is 4.90 Å². The maximum atomic E-state index is 12.6. The minimum absolute atomic E-state index is 0.0862. The standard InChI is InChI=1S/C22H22F3N5/c23-22(24,25)15-30-10-4-5-16(14-30)8-9-20-26-13-19(29-20)18-11-27-21(28-12-18)17-6-2-1-3-7-17/h1-3,6-9,11-13,16H,4-5,10,14-15H2,(H,26,29)/b9-8+/t16-/m0/s1. The molecule has 0 spiro atoms. The second-order valence-corrected chi connectivity index (χ2v) is 7.46. The molecule has 0 aliphatic carbocycles. The summed E-state index contributed by atoms with van der Waals surface area (Å²) in [6.07, 6.45) is 6.47. The van der Waals surface area contributed by atoms with Gasteiger partial charge >= 0.3 is 6.18 Å². The summed E-state index contributed by atoms with van der Waals surface area (Å²) < 4.78 is 37.9. The fraction of sp³-hybridized carbons (Fsp3) is 0.318. The van der Waals surface area contributed by atoms with E-state index in [0.717, 1.165) is 29.7 Å². The number of rotatable bonds is 5. The fourth-order valence-electron chi connectivity index (χ4n) is 3.64. The van der Waals surface area contributed by atoms with Crippen molar-refractivity contribution in [2.75, 3.05) is 19.6 Å². The molecule has 1 aliphatic rings. The van der Waals surface area contributed by atoms with Gasteiger partial charge in [0, 0.05) is 30.1 Å². The summed E-state index contributed by atoms with van der Waals surface area (Å²) in [5, 5.41) is 0. The molecular weight excluding hydrogens is 391 g/mol. The zero-order chi connectivity index (χ0) is 21.0. The Morgan fingerprint density at radius 1 is 1.03 bits per heavy atom. The second kappa shape index (κ2) is 8.79. The van der Waals surface area contributed by atoms with Crippen LogP contribution >= 0.6 is 0 Å². The van der Waals surface area contributed by atoms with E-state index >= 15 is 0 Å². The van der Waals surface area contributed by atoms with Gasteiger partial charge in [0.15, 0.2) is 5.82 Å². The van der Waals surface area contributed by atoms with Gasteiger partial charge in [0.25, 0.3) is 0 Å². The third kappa shape index (κ3) is 5.33. The van der Waals surface area contributed by atoms with E-state index in [4.69, 9.17) is 0 Å². The third-order valence-electron chi connectivity index (χ3n) is 5.06. The molecule has 1 fully saturated rings. The highest BCUT2D eigenvalue weighted by molar-refractivity contribution is 5.61. The van der Waals surface area contributed by atoms with Crippen LogP contribution in [0.15, 0.2) is 55.0 Å². The molecule has 0 amide bonds. The van der Waals surface area contributed by atoms with Crippen LogP contribution in [-0.4, -0.2) is 50.6 Å². The van der Waals surface area contributed by atoms with Gasteiger partial charge < -0.3 is 4.98 Å². The van der Waals surface area contributed by atoms with Gasteiger partial charge in [-0.3, -0.25) is 4.90 Å². The van der Waals surface area contributed by atoms with E-state index < -0.39 is 12.7 Å². The SMILES string of the molecule is FC(F)(F)CN1CCC[C@@H](/C=C/c2ncc(-c3cnc(-c4ccccc4)nc3)[nH]2)C1. The average molecular weight is 413 g/mol. The Balaban J connectivity index is 1.39. The summed E-state index contributed by atoms with van der Waals surface area (Å²) in [7, 11) is 0. The van der Waals surface area contributed by atoms with Gasteiger partial charge in [-0.15, -0.1) is 0 Å². The van der Waals surface area contributed by atoms with Crippen molar-refractivity contribution in [2.24, 2.45) is 5.92 Å². The number of alkyl halides is 3. The first kappa shape index (κ1) is 20.3. The lowest BCUT2D eigenvalue weighted by Crippen LogP contribution is -2.40. The Morgan fingerprint density at radius 3 is 2.53 bits per heavy atom. The monoisotopic (exact) mass is 413 g/mol. The number of aromatic nitrogens is 4. The van der Waals surface area contributed by atoms with Gasteiger partial charge in [0.05, 0.1) is 18.4 Å². The summed E-state index contributed by atoms with van der Waals surface area (Å²) in [6.45, 7) is 0.0628. The molecule has 1 aromatic carbocycles. The van der Waals surface area contributed by atoms with Crippen LogP contribution in [0.3, 0.4) is 0 Å². The number of aromatic amines is 1. The first-order chi connectivity index (χ1) is 14.5. The summed E-state index contributed by atoms with van der Waals surface area (Å²) in [4.78, 5) is 17.9. The second-order valence-electron chi connectivity index (χ2n) is 7.46. The first-order valence-electron chi connectivity index (χ1n) is 9.86.